The fourth-order valence-corrected chi connectivity index (χ4v) is 4.62. The molecular weight excluding hydrogens is 422 g/mol. The minimum absolute atomic E-state index is 0.109. The molecule has 30 heavy (non-hydrogen) atoms. The number of hydrogen-bond acceptors (Lipinski definition) is 6. The zero-order valence-electron chi connectivity index (χ0n) is 16.8. The molecule has 2 aromatic carbocycles. The van der Waals surface area contributed by atoms with Crippen LogP contribution >= 0.6 is 22.9 Å². The SMILES string of the molecule is CCOc1cccc2sc(N(CCN3CCOCC3)C(=O)c3cccc(Cl)c3)nc12. The van der Waals surface area contributed by atoms with Crippen molar-refractivity contribution in [1.82, 2.24) is 9.88 Å². The van der Waals surface area contributed by atoms with Gasteiger partial charge in [0.2, 0.25) is 0 Å². The molecule has 2 heterocycles. The lowest BCUT2D eigenvalue weighted by Gasteiger charge is -2.29. The van der Waals surface area contributed by atoms with E-state index in [9.17, 15) is 4.79 Å². The number of hydrogen-bond donors (Lipinski definition) is 0. The maximum Gasteiger partial charge on any atom is 0.260 e. The average molecular weight is 446 g/mol. The molecule has 1 saturated heterocycles. The monoisotopic (exact) mass is 445 g/mol. The Morgan fingerprint density at radius 3 is 2.83 bits per heavy atom. The maximum absolute atomic E-state index is 13.4. The third-order valence-corrected chi connectivity index (χ3v) is 6.24. The van der Waals surface area contributed by atoms with E-state index >= 15 is 0 Å². The smallest absolute Gasteiger partial charge is 0.260 e. The van der Waals surface area contributed by atoms with Gasteiger partial charge in [0.25, 0.3) is 5.91 Å². The maximum atomic E-state index is 13.4. The minimum atomic E-state index is -0.109. The number of aromatic nitrogens is 1. The molecule has 3 aromatic rings. The summed E-state index contributed by atoms with van der Waals surface area (Å²) < 4.78 is 12.2. The predicted octanol–water partition coefficient (Wildman–Crippen LogP) is 4.33. The van der Waals surface area contributed by atoms with E-state index in [1.807, 2.05) is 25.1 Å². The van der Waals surface area contributed by atoms with Gasteiger partial charge in [-0.05, 0) is 37.3 Å². The van der Waals surface area contributed by atoms with Crippen LogP contribution in [0.15, 0.2) is 42.5 Å². The Morgan fingerprint density at radius 2 is 2.07 bits per heavy atom. The van der Waals surface area contributed by atoms with E-state index in [4.69, 9.17) is 26.1 Å². The predicted molar refractivity (Wildman–Crippen MR) is 121 cm³/mol. The fraction of sp³-hybridized carbons (Fsp3) is 0.364. The number of anilines is 1. The Morgan fingerprint density at radius 1 is 1.27 bits per heavy atom. The Labute approximate surface area is 185 Å². The summed E-state index contributed by atoms with van der Waals surface area (Å²) in [5.41, 5.74) is 1.34. The highest BCUT2D eigenvalue weighted by Crippen LogP contribution is 2.35. The molecule has 1 aromatic heterocycles. The number of carbonyl (C=O) groups excluding carboxylic acids is 1. The number of halogens is 1. The van der Waals surface area contributed by atoms with Crippen LogP contribution in [0.4, 0.5) is 5.13 Å². The second-order valence-corrected chi connectivity index (χ2v) is 8.40. The van der Waals surface area contributed by atoms with Gasteiger partial charge in [-0.1, -0.05) is 35.1 Å². The van der Waals surface area contributed by atoms with E-state index in [-0.39, 0.29) is 5.91 Å². The summed E-state index contributed by atoms with van der Waals surface area (Å²) in [5, 5.41) is 1.20. The summed E-state index contributed by atoms with van der Waals surface area (Å²) in [6, 6.07) is 12.9. The lowest BCUT2D eigenvalue weighted by molar-refractivity contribution is 0.0391. The van der Waals surface area contributed by atoms with Crippen LogP contribution in [0.1, 0.15) is 17.3 Å². The highest BCUT2D eigenvalue weighted by molar-refractivity contribution is 7.22. The molecule has 0 spiro atoms. The fourth-order valence-electron chi connectivity index (χ4n) is 3.43. The van der Waals surface area contributed by atoms with Crippen LogP contribution in [0.2, 0.25) is 5.02 Å². The zero-order valence-corrected chi connectivity index (χ0v) is 18.4. The molecule has 0 radical (unpaired) electrons. The normalized spacial score (nSPS) is 14.7. The molecule has 0 aliphatic carbocycles. The first-order chi connectivity index (χ1) is 14.7. The lowest BCUT2D eigenvalue weighted by atomic mass is 10.2. The Hall–Kier alpha value is -2.19. The summed E-state index contributed by atoms with van der Waals surface area (Å²) in [5.74, 6) is 0.628. The van der Waals surface area contributed by atoms with Gasteiger partial charge in [0, 0.05) is 36.8 Å². The number of para-hydroxylation sites is 1. The summed E-state index contributed by atoms with van der Waals surface area (Å²) >= 11 is 7.63. The number of morpholine rings is 1. The van der Waals surface area contributed by atoms with Crippen LogP contribution in [-0.4, -0.2) is 61.8 Å². The number of thiazole rings is 1. The van der Waals surface area contributed by atoms with Crippen molar-refractivity contribution in [3.8, 4) is 5.75 Å². The first kappa shape index (κ1) is 21.1. The molecule has 1 aliphatic rings. The molecule has 1 amide bonds. The van der Waals surface area contributed by atoms with Crippen LogP contribution < -0.4 is 9.64 Å². The van der Waals surface area contributed by atoms with Crippen LogP contribution in [-0.2, 0) is 4.74 Å². The second-order valence-electron chi connectivity index (χ2n) is 6.95. The number of nitrogens with zero attached hydrogens (tertiary/aromatic N) is 3. The number of amides is 1. The van der Waals surface area contributed by atoms with Gasteiger partial charge >= 0.3 is 0 Å². The third-order valence-electron chi connectivity index (χ3n) is 4.96. The molecule has 0 saturated carbocycles. The summed E-state index contributed by atoms with van der Waals surface area (Å²) in [6.07, 6.45) is 0. The van der Waals surface area contributed by atoms with E-state index in [0.717, 1.165) is 48.8 Å². The molecule has 0 unspecified atom stereocenters. The first-order valence-electron chi connectivity index (χ1n) is 10.1. The number of carbonyl (C=O) groups is 1. The molecule has 0 atom stereocenters. The quantitative estimate of drug-likeness (QED) is 0.542. The summed E-state index contributed by atoms with van der Waals surface area (Å²) in [4.78, 5) is 22.3. The molecule has 8 heteroatoms. The van der Waals surface area contributed by atoms with Crippen molar-refractivity contribution >= 4 is 44.2 Å². The van der Waals surface area contributed by atoms with Gasteiger partial charge in [-0.3, -0.25) is 14.6 Å². The van der Waals surface area contributed by atoms with Gasteiger partial charge in [-0.15, -0.1) is 0 Å². The van der Waals surface area contributed by atoms with E-state index in [0.29, 0.717) is 28.9 Å². The van der Waals surface area contributed by atoms with E-state index in [2.05, 4.69) is 4.90 Å². The van der Waals surface area contributed by atoms with Gasteiger partial charge in [0.15, 0.2) is 5.13 Å². The van der Waals surface area contributed by atoms with E-state index in [1.165, 1.54) is 11.3 Å². The molecule has 1 aliphatic heterocycles. The molecule has 0 bridgehead atoms. The van der Waals surface area contributed by atoms with Crippen LogP contribution in [0.5, 0.6) is 5.75 Å². The van der Waals surface area contributed by atoms with Gasteiger partial charge in [-0.2, -0.15) is 0 Å². The van der Waals surface area contributed by atoms with Crippen LogP contribution in [0.3, 0.4) is 0 Å². The van der Waals surface area contributed by atoms with E-state index < -0.39 is 0 Å². The molecule has 158 valence electrons. The topological polar surface area (TPSA) is 54.9 Å². The van der Waals surface area contributed by atoms with Crippen LogP contribution in [0.25, 0.3) is 10.2 Å². The Bertz CT molecular complexity index is 1020. The summed E-state index contributed by atoms with van der Waals surface area (Å²) in [7, 11) is 0. The van der Waals surface area contributed by atoms with E-state index in [1.54, 1.807) is 29.2 Å². The number of rotatable bonds is 7. The standard InChI is InChI=1S/C22H24ClN3O3S/c1-2-29-18-7-4-8-19-20(18)24-22(30-19)26(10-9-25-11-13-28-14-12-25)21(27)16-5-3-6-17(23)15-16/h3-8,15H,2,9-14H2,1H3. The lowest BCUT2D eigenvalue weighted by Crippen LogP contribution is -2.43. The van der Waals surface area contributed by atoms with Crippen molar-refractivity contribution < 1.29 is 14.3 Å². The molecule has 1 fully saturated rings. The summed E-state index contributed by atoms with van der Waals surface area (Å²) in [6.45, 7) is 6.99. The van der Waals surface area contributed by atoms with Gasteiger partial charge in [0.1, 0.15) is 11.3 Å². The van der Waals surface area contributed by atoms with Crippen molar-refractivity contribution in [2.75, 3.05) is 50.9 Å². The molecule has 6 nitrogen and oxygen atoms in total. The van der Waals surface area contributed by atoms with Crippen molar-refractivity contribution in [2.45, 2.75) is 6.92 Å². The van der Waals surface area contributed by atoms with Gasteiger partial charge in [0.05, 0.1) is 24.5 Å². The largest absolute Gasteiger partial charge is 0.492 e. The minimum Gasteiger partial charge on any atom is -0.492 e. The van der Waals surface area contributed by atoms with Gasteiger partial charge in [-0.25, -0.2) is 4.98 Å². The first-order valence-corrected chi connectivity index (χ1v) is 11.2. The number of benzene rings is 2. The van der Waals surface area contributed by atoms with Crippen LogP contribution in [0, 0.1) is 0 Å². The Balaban J connectivity index is 1.66. The van der Waals surface area contributed by atoms with Gasteiger partial charge < -0.3 is 9.47 Å². The molecular formula is C22H24ClN3O3S. The zero-order chi connectivity index (χ0) is 20.9. The average Bonchev–Trinajstić information content (AvgIpc) is 3.20. The number of ether oxygens (including phenoxy) is 2. The highest BCUT2D eigenvalue weighted by Gasteiger charge is 2.23. The molecule has 0 N–H and O–H groups in total. The number of fused-ring (bicyclic) bond motifs is 1. The Kier molecular flexibility index (Phi) is 6.84. The molecule has 4 rings (SSSR count). The van der Waals surface area contributed by atoms with Crippen molar-refractivity contribution in [2.24, 2.45) is 0 Å². The van der Waals surface area contributed by atoms with Crippen molar-refractivity contribution in [1.29, 1.82) is 0 Å². The van der Waals surface area contributed by atoms with Crippen molar-refractivity contribution in [3.05, 3.63) is 53.1 Å². The van der Waals surface area contributed by atoms with Crippen molar-refractivity contribution in [3.63, 3.8) is 0 Å². The highest BCUT2D eigenvalue weighted by atomic mass is 35.5. The third kappa shape index (κ3) is 4.75. The second kappa shape index (κ2) is 9.75.